The van der Waals surface area contributed by atoms with Gasteiger partial charge in [-0.2, -0.15) is 0 Å². The van der Waals surface area contributed by atoms with Crippen molar-refractivity contribution in [3.8, 4) is 0 Å². The third-order valence-corrected chi connectivity index (χ3v) is 6.58. The standard InChI is InChI=1S/C13H19N3O4S2/c1-8(12(17)14-10-2-3-10)21-13-16-15-11(20-13)6-9-4-5-22(18,19)7-9/h8-10H,2-7H2,1H3,(H,14,17)/t8-,9+/m0/s1. The number of nitrogens with zero attached hydrogens (tertiary/aromatic N) is 2. The molecule has 1 N–H and O–H groups in total. The lowest BCUT2D eigenvalue weighted by atomic mass is 10.1. The molecule has 0 unspecified atom stereocenters. The molecule has 1 amide bonds. The van der Waals surface area contributed by atoms with Gasteiger partial charge in [0, 0.05) is 12.5 Å². The third-order valence-electron chi connectivity index (χ3n) is 3.81. The lowest BCUT2D eigenvalue weighted by Gasteiger charge is -2.08. The first kappa shape index (κ1) is 15.8. The van der Waals surface area contributed by atoms with Gasteiger partial charge in [-0.3, -0.25) is 4.79 Å². The van der Waals surface area contributed by atoms with Crippen LogP contribution in [0.1, 0.15) is 32.1 Å². The first-order chi connectivity index (χ1) is 10.4. The van der Waals surface area contributed by atoms with E-state index < -0.39 is 9.84 Å². The summed E-state index contributed by atoms with van der Waals surface area (Å²) in [5, 5.41) is 10.9. The molecular weight excluding hydrogens is 326 g/mol. The second kappa shape index (κ2) is 6.19. The Morgan fingerprint density at radius 1 is 1.41 bits per heavy atom. The molecule has 3 rings (SSSR count). The van der Waals surface area contributed by atoms with E-state index in [-0.39, 0.29) is 28.6 Å². The van der Waals surface area contributed by atoms with E-state index in [4.69, 9.17) is 4.42 Å². The summed E-state index contributed by atoms with van der Waals surface area (Å²) in [6.07, 6.45) is 3.24. The Balaban J connectivity index is 1.51. The smallest absolute Gasteiger partial charge is 0.277 e. The molecule has 0 radical (unpaired) electrons. The van der Waals surface area contributed by atoms with Gasteiger partial charge in [0.1, 0.15) is 0 Å². The van der Waals surface area contributed by atoms with Crippen LogP contribution in [-0.2, 0) is 21.1 Å². The molecule has 1 aliphatic carbocycles. The number of carbonyl (C=O) groups is 1. The van der Waals surface area contributed by atoms with Gasteiger partial charge in [0.05, 0.1) is 16.8 Å². The van der Waals surface area contributed by atoms with E-state index in [0.29, 0.717) is 30.0 Å². The minimum atomic E-state index is -2.89. The van der Waals surface area contributed by atoms with Crippen LogP contribution in [0.25, 0.3) is 0 Å². The molecule has 0 spiro atoms. The first-order valence-electron chi connectivity index (χ1n) is 7.41. The van der Waals surface area contributed by atoms with Crippen molar-refractivity contribution in [3.05, 3.63) is 5.89 Å². The zero-order valence-electron chi connectivity index (χ0n) is 12.3. The average Bonchev–Trinajstić information content (AvgIpc) is 3.04. The minimum Gasteiger partial charge on any atom is -0.416 e. The summed E-state index contributed by atoms with van der Waals surface area (Å²) in [7, 11) is -2.89. The van der Waals surface area contributed by atoms with Crippen molar-refractivity contribution < 1.29 is 17.6 Å². The fourth-order valence-electron chi connectivity index (χ4n) is 2.40. The van der Waals surface area contributed by atoms with Gasteiger partial charge >= 0.3 is 0 Å². The number of thioether (sulfide) groups is 1. The van der Waals surface area contributed by atoms with E-state index in [9.17, 15) is 13.2 Å². The van der Waals surface area contributed by atoms with Crippen LogP contribution in [-0.4, -0.2) is 47.3 Å². The van der Waals surface area contributed by atoms with E-state index in [0.717, 1.165) is 12.8 Å². The predicted molar refractivity (Wildman–Crippen MR) is 81.2 cm³/mol. The zero-order valence-corrected chi connectivity index (χ0v) is 14.0. The highest BCUT2D eigenvalue weighted by molar-refractivity contribution is 8.00. The van der Waals surface area contributed by atoms with E-state index in [1.54, 1.807) is 6.92 Å². The number of amides is 1. The topological polar surface area (TPSA) is 102 Å². The van der Waals surface area contributed by atoms with Crippen molar-refractivity contribution in [3.63, 3.8) is 0 Å². The Bertz CT molecular complexity index is 654. The van der Waals surface area contributed by atoms with Crippen LogP contribution < -0.4 is 5.32 Å². The average molecular weight is 345 g/mol. The molecule has 1 aromatic rings. The summed E-state index contributed by atoms with van der Waals surface area (Å²) in [6.45, 7) is 1.80. The van der Waals surface area contributed by atoms with Crippen molar-refractivity contribution >= 4 is 27.5 Å². The van der Waals surface area contributed by atoms with Crippen LogP contribution in [0.3, 0.4) is 0 Å². The number of sulfone groups is 1. The Morgan fingerprint density at radius 3 is 2.82 bits per heavy atom. The molecule has 1 aliphatic heterocycles. The molecule has 7 nitrogen and oxygen atoms in total. The maximum Gasteiger partial charge on any atom is 0.277 e. The first-order valence-corrected chi connectivity index (χ1v) is 10.1. The lowest BCUT2D eigenvalue weighted by molar-refractivity contribution is -0.120. The second-order valence-corrected chi connectivity index (χ2v) is 9.50. The summed E-state index contributed by atoms with van der Waals surface area (Å²) >= 11 is 1.23. The van der Waals surface area contributed by atoms with Gasteiger partial charge in [-0.1, -0.05) is 11.8 Å². The molecule has 2 fully saturated rings. The molecule has 2 atom stereocenters. The summed E-state index contributed by atoms with van der Waals surface area (Å²) in [6, 6.07) is 0.332. The van der Waals surface area contributed by atoms with Crippen molar-refractivity contribution in [1.82, 2.24) is 15.5 Å². The van der Waals surface area contributed by atoms with Gasteiger partial charge in [0.2, 0.25) is 11.8 Å². The molecular formula is C13H19N3O4S2. The van der Waals surface area contributed by atoms with E-state index in [2.05, 4.69) is 15.5 Å². The normalized spacial score (nSPS) is 25.0. The van der Waals surface area contributed by atoms with Crippen molar-refractivity contribution in [2.75, 3.05) is 11.5 Å². The van der Waals surface area contributed by atoms with E-state index in [1.807, 2.05) is 0 Å². The Kier molecular flexibility index (Phi) is 4.44. The molecule has 9 heteroatoms. The van der Waals surface area contributed by atoms with Crippen molar-refractivity contribution in [1.29, 1.82) is 0 Å². The Labute approximate surface area is 133 Å². The van der Waals surface area contributed by atoms with Gasteiger partial charge in [0.25, 0.3) is 5.22 Å². The van der Waals surface area contributed by atoms with E-state index >= 15 is 0 Å². The summed E-state index contributed by atoms with van der Waals surface area (Å²) in [4.78, 5) is 11.9. The van der Waals surface area contributed by atoms with Crippen molar-refractivity contribution in [2.45, 2.75) is 49.1 Å². The minimum absolute atomic E-state index is 0.0193. The molecule has 2 aliphatic rings. The van der Waals surface area contributed by atoms with Crippen LogP contribution >= 0.6 is 11.8 Å². The van der Waals surface area contributed by atoms with Crippen molar-refractivity contribution in [2.24, 2.45) is 5.92 Å². The van der Waals surface area contributed by atoms with Crippen LogP contribution in [0, 0.1) is 5.92 Å². The number of hydrogen-bond acceptors (Lipinski definition) is 7. The Hall–Kier alpha value is -1.09. The predicted octanol–water partition coefficient (Wildman–Crippen LogP) is 0.806. The largest absolute Gasteiger partial charge is 0.416 e. The monoisotopic (exact) mass is 345 g/mol. The SMILES string of the molecule is C[C@H](Sc1nnc(C[C@H]2CCS(=O)(=O)C2)o1)C(=O)NC1CC1. The molecule has 0 aromatic carbocycles. The Morgan fingerprint density at radius 2 is 2.18 bits per heavy atom. The highest BCUT2D eigenvalue weighted by Gasteiger charge is 2.30. The highest BCUT2D eigenvalue weighted by atomic mass is 32.2. The molecule has 0 bridgehead atoms. The second-order valence-electron chi connectivity index (χ2n) is 5.98. The highest BCUT2D eigenvalue weighted by Crippen LogP contribution is 2.26. The van der Waals surface area contributed by atoms with Gasteiger partial charge < -0.3 is 9.73 Å². The fraction of sp³-hybridized carbons (Fsp3) is 0.769. The molecule has 1 saturated heterocycles. The fourth-order valence-corrected chi connectivity index (χ4v) is 4.97. The van der Waals surface area contributed by atoms with Gasteiger partial charge in [0.15, 0.2) is 9.84 Å². The third kappa shape index (κ3) is 4.22. The van der Waals surface area contributed by atoms with Gasteiger partial charge in [-0.15, -0.1) is 10.2 Å². The lowest BCUT2D eigenvalue weighted by Crippen LogP contribution is -2.32. The number of nitrogens with one attached hydrogen (secondary N) is 1. The zero-order chi connectivity index (χ0) is 15.7. The number of rotatable bonds is 6. The summed E-state index contributed by atoms with van der Waals surface area (Å²) in [5.74, 6) is 0.913. The maximum atomic E-state index is 11.9. The molecule has 2 heterocycles. The number of carbonyl (C=O) groups excluding carboxylic acids is 1. The van der Waals surface area contributed by atoms with Gasteiger partial charge in [-0.05, 0) is 32.1 Å². The molecule has 1 saturated carbocycles. The van der Waals surface area contributed by atoms with Crippen LogP contribution in [0.5, 0.6) is 0 Å². The van der Waals surface area contributed by atoms with Gasteiger partial charge in [-0.25, -0.2) is 8.42 Å². The molecule has 22 heavy (non-hydrogen) atoms. The van der Waals surface area contributed by atoms with E-state index in [1.165, 1.54) is 11.8 Å². The van der Waals surface area contributed by atoms with Crippen LogP contribution in [0.15, 0.2) is 9.64 Å². The summed E-state index contributed by atoms with van der Waals surface area (Å²) < 4.78 is 28.4. The summed E-state index contributed by atoms with van der Waals surface area (Å²) in [5.41, 5.74) is 0. The van der Waals surface area contributed by atoms with Crippen LogP contribution in [0.4, 0.5) is 0 Å². The number of aromatic nitrogens is 2. The molecule has 1 aromatic heterocycles. The maximum absolute atomic E-state index is 11.9. The molecule has 122 valence electrons. The number of hydrogen-bond donors (Lipinski definition) is 1. The quantitative estimate of drug-likeness (QED) is 0.761. The van der Waals surface area contributed by atoms with Crippen LogP contribution in [0.2, 0.25) is 0 Å².